The van der Waals surface area contributed by atoms with Gasteiger partial charge in [0.25, 0.3) is 0 Å². The second-order valence-corrected chi connectivity index (χ2v) is 6.27. The standard InChI is InChI=1S/C18H28N4O2/c1-19-18(20-8-4-12-22-10-2-3-11-22)21-9-7-15-5-6-16-17(13-15)24-14-23-16/h5-6,13H,2-4,7-12,14H2,1H3,(H2,19,20,21). The van der Waals surface area contributed by atoms with Gasteiger partial charge in [-0.15, -0.1) is 0 Å². The Labute approximate surface area is 144 Å². The number of hydrogen-bond donors (Lipinski definition) is 2. The average molecular weight is 332 g/mol. The van der Waals surface area contributed by atoms with Gasteiger partial charge in [0.05, 0.1) is 0 Å². The third kappa shape index (κ3) is 4.77. The van der Waals surface area contributed by atoms with Gasteiger partial charge in [0.1, 0.15) is 0 Å². The van der Waals surface area contributed by atoms with Crippen molar-refractivity contribution in [3.8, 4) is 11.5 Å². The van der Waals surface area contributed by atoms with Gasteiger partial charge in [-0.05, 0) is 63.0 Å². The topological polar surface area (TPSA) is 58.1 Å². The van der Waals surface area contributed by atoms with Crippen molar-refractivity contribution in [2.24, 2.45) is 4.99 Å². The van der Waals surface area contributed by atoms with Gasteiger partial charge >= 0.3 is 0 Å². The van der Waals surface area contributed by atoms with E-state index in [1.807, 2.05) is 13.1 Å². The van der Waals surface area contributed by atoms with Crippen molar-refractivity contribution in [1.29, 1.82) is 0 Å². The highest BCUT2D eigenvalue weighted by molar-refractivity contribution is 5.79. The second kappa shape index (κ2) is 8.78. The van der Waals surface area contributed by atoms with Gasteiger partial charge in [-0.1, -0.05) is 6.07 Å². The molecule has 0 amide bonds. The van der Waals surface area contributed by atoms with Crippen LogP contribution in [0.25, 0.3) is 0 Å². The molecule has 24 heavy (non-hydrogen) atoms. The van der Waals surface area contributed by atoms with Gasteiger partial charge in [-0.2, -0.15) is 0 Å². The fraction of sp³-hybridized carbons (Fsp3) is 0.611. The van der Waals surface area contributed by atoms with E-state index in [2.05, 4.69) is 32.7 Å². The first-order valence-electron chi connectivity index (χ1n) is 8.90. The Bertz CT molecular complexity index is 556. The largest absolute Gasteiger partial charge is 0.454 e. The Morgan fingerprint density at radius 1 is 1.12 bits per heavy atom. The van der Waals surface area contributed by atoms with Crippen LogP contribution in [-0.4, -0.2) is 57.4 Å². The Balaban J connectivity index is 1.32. The molecule has 1 fully saturated rings. The maximum absolute atomic E-state index is 5.41. The van der Waals surface area contributed by atoms with E-state index in [1.54, 1.807) is 0 Å². The van der Waals surface area contributed by atoms with E-state index < -0.39 is 0 Å². The summed E-state index contributed by atoms with van der Waals surface area (Å²) in [6.45, 7) is 5.84. The van der Waals surface area contributed by atoms with Crippen molar-refractivity contribution in [2.75, 3.05) is 46.6 Å². The number of aliphatic imine (C=N–C) groups is 1. The van der Waals surface area contributed by atoms with Crippen LogP contribution in [0.15, 0.2) is 23.2 Å². The highest BCUT2D eigenvalue weighted by atomic mass is 16.7. The molecule has 1 aromatic rings. The van der Waals surface area contributed by atoms with E-state index in [-0.39, 0.29) is 0 Å². The molecule has 0 aromatic heterocycles. The lowest BCUT2D eigenvalue weighted by Gasteiger charge is -2.16. The molecule has 1 saturated heterocycles. The minimum atomic E-state index is 0.324. The summed E-state index contributed by atoms with van der Waals surface area (Å²) in [5.74, 6) is 2.55. The van der Waals surface area contributed by atoms with Crippen molar-refractivity contribution in [3.05, 3.63) is 23.8 Å². The first-order chi connectivity index (χ1) is 11.8. The predicted octanol–water partition coefficient (Wildman–Crippen LogP) is 1.61. The first kappa shape index (κ1) is 16.9. The van der Waals surface area contributed by atoms with Crippen LogP contribution >= 0.6 is 0 Å². The van der Waals surface area contributed by atoms with Gasteiger partial charge in [0.15, 0.2) is 17.5 Å². The molecule has 0 unspecified atom stereocenters. The van der Waals surface area contributed by atoms with Crippen LogP contribution in [0.4, 0.5) is 0 Å². The van der Waals surface area contributed by atoms with Crippen LogP contribution in [0.3, 0.4) is 0 Å². The maximum Gasteiger partial charge on any atom is 0.231 e. The zero-order valence-corrected chi connectivity index (χ0v) is 14.5. The molecule has 3 rings (SSSR count). The highest BCUT2D eigenvalue weighted by Gasteiger charge is 2.13. The van der Waals surface area contributed by atoms with Crippen LogP contribution in [0.2, 0.25) is 0 Å². The number of rotatable bonds is 7. The van der Waals surface area contributed by atoms with E-state index in [9.17, 15) is 0 Å². The summed E-state index contributed by atoms with van der Waals surface area (Å²) in [4.78, 5) is 6.82. The van der Waals surface area contributed by atoms with Gasteiger partial charge in [0, 0.05) is 20.1 Å². The van der Waals surface area contributed by atoms with Crippen LogP contribution in [-0.2, 0) is 6.42 Å². The fourth-order valence-electron chi connectivity index (χ4n) is 3.16. The molecule has 0 radical (unpaired) electrons. The van der Waals surface area contributed by atoms with Crippen molar-refractivity contribution >= 4 is 5.96 Å². The second-order valence-electron chi connectivity index (χ2n) is 6.27. The molecule has 0 spiro atoms. The molecular formula is C18H28N4O2. The Morgan fingerprint density at radius 3 is 2.75 bits per heavy atom. The quantitative estimate of drug-likeness (QED) is 0.451. The summed E-state index contributed by atoms with van der Waals surface area (Å²) in [6, 6.07) is 6.11. The van der Waals surface area contributed by atoms with E-state index in [4.69, 9.17) is 9.47 Å². The smallest absolute Gasteiger partial charge is 0.231 e. The SMILES string of the molecule is CN=C(NCCCN1CCCC1)NCCc1ccc2c(c1)OCO2. The molecule has 6 heteroatoms. The molecule has 132 valence electrons. The maximum atomic E-state index is 5.41. The molecular weight excluding hydrogens is 304 g/mol. The third-order valence-corrected chi connectivity index (χ3v) is 4.51. The van der Waals surface area contributed by atoms with Crippen molar-refractivity contribution in [1.82, 2.24) is 15.5 Å². The molecule has 1 aromatic carbocycles. The summed E-state index contributed by atoms with van der Waals surface area (Å²) in [5.41, 5.74) is 1.23. The van der Waals surface area contributed by atoms with Gasteiger partial charge in [0.2, 0.25) is 6.79 Å². The zero-order valence-electron chi connectivity index (χ0n) is 14.5. The van der Waals surface area contributed by atoms with E-state index in [0.29, 0.717) is 6.79 Å². The van der Waals surface area contributed by atoms with E-state index >= 15 is 0 Å². The average Bonchev–Trinajstić information content (AvgIpc) is 3.27. The Hall–Kier alpha value is -1.95. The molecule has 0 aliphatic carbocycles. The zero-order chi connectivity index (χ0) is 16.6. The molecule has 2 aliphatic heterocycles. The third-order valence-electron chi connectivity index (χ3n) is 4.51. The number of fused-ring (bicyclic) bond motifs is 1. The Kier molecular flexibility index (Phi) is 6.18. The van der Waals surface area contributed by atoms with Gasteiger partial charge < -0.3 is 25.0 Å². The first-order valence-corrected chi connectivity index (χ1v) is 8.90. The number of nitrogens with zero attached hydrogens (tertiary/aromatic N) is 2. The Morgan fingerprint density at radius 2 is 1.92 bits per heavy atom. The van der Waals surface area contributed by atoms with E-state index in [1.165, 1.54) is 38.0 Å². The number of guanidine groups is 1. The van der Waals surface area contributed by atoms with Crippen molar-refractivity contribution in [2.45, 2.75) is 25.7 Å². The summed E-state index contributed by atoms with van der Waals surface area (Å²) in [7, 11) is 1.82. The van der Waals surface area contributed by atoms with Crippen LogP contribution in [0, 0.1) is 0 Å². The lowest BCUT2D eigenvalue weighted by molar-refractivity contribution is 0.174. The van der Waals surface area contributed by atoms with E-state index in [0.717, 1.165) is 43.4 Å². The van der Waals surface area contributed by atoms with Gasteiger partial charge in [-0.3, -0.25) is 4.99 Å². The molecule has 2 N–H and O–H groups in total. The highest BCUT2D eigenvalue weighted by Crippen LogP contribution is 2.32. The number of ether oxygens (including phenoxy) is 2. The summed E-state index contributed by atoms with van der Waals surface area (Å²) < 4.78 is 10.7. The summed E-state index contributed by atoms with van der Waals surface area (Å²) >= 11 is 0. The van der Waals surface area contributed by atoms with Crippen molar-refractivity contribution in [3.63, 3.8) is 0 Å². The van der Waals surface area contributed by atoms with Crippen LogP contribution in [0.1, 0.15) is 24.8 Å². The minimum Gasteiger partial charge on any atom is -0.454 e. The fourth-order valence-corrected chi connectivity index (χ4v) is 3.16. The molecule has 2 aliphatic rings. The lowest BCUT2D eigenvalue weighted by Crippen LogP contribution is -2.39. The number of likely N-dealkylation sites (tertiary alicyclic amines) is 1. The normalized spacial score (nSPS) is 17.3. The summed E-state index contributed by atoms with van der Waals surface area (Å²) in [5, 5.41) is 6.76. The predicted molar refractivity (Wildman–Crippen MR) is 95.9 cm³/mol. The van der Waals surface area contributed by atoms with Crippen LogP contribution in [0.5, 0.6) is 11.5 Å². The number of benzene rings is 1. The number of nitrogens with one attached hydrogen (secondary N) is 2. The molecule has 0 atom stereocenters. The minimum absolute atomic E-state index is 0.324. The molecule has 0 bridgehead atoms. The van der Waals surface area contributed by atoms with Crippen molar-refractivity contribution < 1.29 is 9.47 Å². The van der Waals surface area contributed by atoms with Gasteiger partial charge in [-0.25, -0.2) is 0 Å². The van der Waals surface area contributed by atoms with Crippen LogP contribution < -0.4 is 20.1 Å². The molecule has 6 nitrogen and oxygen atoms in total. The molecule has 2 heterocycles. The lowest BCUT2D eigenvalue weighted by atomic mass is 10.1. The molecule has 0 saturated carbocycles. The monoisotopic (exact) mass is 332 g/mol. The summed E-state index contributed by atoms with van der Waals surface area (Å²) in [6.07, 6.45) is 4.79. The number of hydrogen-bond acceptors (Lipinski definition) is 4.